The van der Waals surface area contributed by atoms with Crippen molar-refractivity contribution in [2.45, 2.75) is 26.3 Å². The van der Waals surface area contributed by atoms with Crippen LogP contribution in [0.1, 0.15) is 25.3 Å². The molecule has 2 nitrogen and oxygen atoms in total. The maximum Gasteiger partial charge on any atom is 0.123 e. The molecule has 0 spiro atoms. The Morgan fingerprint density at radius 3 is 2.81 bits per heavy atom. The molecule has 0 unspecified atom stereocenters. The minimum atomic E-state index is 0.534. The molecule has 0 bridgehead atoms. The Bertz CT molecular complexity index is 374. The highest BCUT2D eigenvalue weighted by Gasteiger charge is 2.36. The Morgan fingerprint density at radius 1 is 1.44 bits per heavy atom. The number of nitrogens with one attached hydrogen (secondary N) is 1. The number of hydrogen-bond acceptors (Lipinski definition) is 2. The zero-order valence-corrected chi connectivity index (χ0v) is 10.6. The summed E-state index contributed by atoms with van der Waals surface area (Å²) in [7, 11) is 1.69. The molecule has 0 atom stereocenters. The van der Waals surface area contributed by atoms with Crippen molar-refractivity contribution >= 4 is 11.6 Å². The molecule has 1 aromatic rings. The summed E-state index contributed by atoms with van der Waals surface area (Å²) in [6.07, 6.45) is 2.68. The topological polar surface area (TPSA) is 21.3 Å². The van der Waals surface area contributed by atoms with Crippen molar-refractivity contribution < 1.29 is 4.74 Å². The van der Waals surface area contributed by atoms with Crippen molar-refractivity contribution in [1.82, 2.24) is 5.32 Å². The molecule has 1 saturated carbocycles. The first kappa shape index (κ1) is 11.7. The van der Waals surface area contributed by atoms with Gasteiger partial charge >= 0.3 is 0 Å². The highest BCUT2D eigenvalue weighted by Crippen LogP contribution is 2.44. The number of halogens is 1. The number of ether oxygens (including phenoxy) is 1. The summed E-state index contributed by atoms with van der Waals surface area (Å²) in [6, 6.07) is 5.73. The maximum absolute atomic E-state index is 5.97. The summed E-state index contributed by atoms with van der Waals surface area (Å²) >= 11 is 5.97. The zero-order valence-electron chi connectivity index (χ0n) is 9.85. The smallest absolute Gasteiger partial charge is 0.123 e. The second kappa shape index (κ2) is 4.64. The van der Waals surface area contributed by atoms with Gasteiger partial charge < -0.3 is 10.1 Å². The van der Waals surface area contributed by atoms with Gasteiger partial charge in [0.15, 0.2) is 0 Å². The fourth-order valence-electron chi connectivity index (χ4n) is 1.77. The monoisotopic (exact) mass is 239 g/mol. The van der Waals surface area contributed by atoms with E-state index >= 15 is 0 Å². The van der Waals surface area contributed by atoms with Gasteiger partial charge in [0.05, 0.1) is 7.11 Å². The van der Waals surface area contributed by atoms with Crippen LogP contribution >= 0.6 is 11.6 Å². The predicted molar refractivity (Wildman–Crippen MR) is 67.1 cm³/mol. The van der Waals surface area contributed by atoms with Gasteiger partial charge in [0, 0.05) is 23.7 Å². The van der Waals surface area contributed by atoms with Crippen LogP contribution in [0, 0.1) is 5.41 Å². The third kappa shape index (κ3) is 2.89. The van der Waals surface area contributed by atoms with E-state index in [1.165, 1.54) is 12.8 Å². The van der Waals surface area contributed by atoms with E-state index in [1.807, 2.05) is 18.2 Å². The molecule has 1 aliphatic rings. The Hall–Kier alpha value is -0.730. The summed E-state index contributed by atoms with van der Waals surface area (Å²) < 4.78 is 5.30. The third-order valence-corrected chi connectivity index (χ3v) is 3.45. The fourth-order valence-corrected chi connectivity index (χ4v) is 1.97. The van der Waals surface area contributed by atoms with Gasteiger partial charge in [-0.05, 0) is 36.5 Å². The molecule has 0 heterocycles. The van der Waals surface area contributed by atoms with E-state index in [0.29, 0.717) is 5.41 Å². The summed E-state index contributed by atoms with van der Waals surface area (Å²) in [4.78, 5) is 0. The second-order valence-corrected chi connectivity index (χ2v) is 5.31. The summed E-state index contributed by atoms with van der Waals surface area (Å²) in [5, 5.41) is 4.23. The van der Waals surface area contributed by atoms with E-state index in [4.69, 9.17) is 16.3 Å². The van der Waals surface area contributed by atoms with Gasteiger partial charge in [-0.3, -0.25) is 0 Å². The molecule has 0 saturated heterocycles. The highest BCUT2D eigenvalue weighted by atomic mass is 35.5. The average Bonchev–Trinajstić information content (AvgIpc) is 2.97. The van der Waals surface area contributed by atoms with Crippen LogP contribution in [0.2, 0.25) is 5.02 Å². The number of rotatable bonds is 5. The van der Waals surface area contributed by atoms with Crippen LogP contribution in [0.4, 0.5) is 0 Å². The SMILES string of the molecule is COc1ccc(Cl)cc1CNCC1(C)CC1. The molecule has 0 aliphatic heterocycles. The lowest BCUT2D eigenvalue weighted by atomic mass is 10.1. The normalized spacial score (nSPS) is 17.2. The number of methoxy groups -OCH3 is 1. The molecule has 1 aliphatic carbocycles. The van der Waals surface area contributed by atoms with Gasteiger partial charge in [0.2, 0.25) is 0 Å². The van der Waals surface area contributed by atoms with Crippen molar-refractivity contribution in [3.63, 3.8) is 0 Å². The van der Waals surface area contributed by atoms with E-state index < -0.39 is 0 Å². The Morgan fingerprint density at radius 2 is 2.19 bits per heavy atom. The molecule has 3 heteroatoms. The van der Waals surface area contributed by atoms with E-state index in [2.05, 4.69) is 12.2 Å². The first-order valence-corrected chi connectivity index (χ1v) is 6.04. The van der Waals surface area contributed by atoms with Gasteiger partial charge in [-0.25, -0.2) is 0 Å². The predicted octanol–water partition coefficient (Wildman–Crippen LogP) is 3.24. The summed E-state index contributed by atoms with van der Waals surface area (Å²) in [5.41, 5.74) is 1.66. The van der Waals surface area contributed by atoms with Gasteiger partial charge in [0.25, 0.3) is 0 Å². The van der Waals surface area contributed by atoms with Crippen LogP contribution in [0.25, 0.3) is 0 Å². The summed E-state index contributed by atoms with van der Waals surface area (Å²) in [5.74, 6) is 0.901. The molecule has 0 radical (unpaired) electrons. The van der Waals surface area contributed by atoms with E-state index in [-0.39, 0.29) is 0 Å². The van der Waals surface area contributed by atoms with Crippen molar-refractivity contribution in [3.8, 4) is 5.75 Å². The molecule has 1 fully saturated rings. The zero-order chi connectivity index (χ0) is 11.6. The van der Waals surface area contributed by atoms with Gasteiger partial charge in [-0.1, -0.05) is 18.5 Å². The molecule has 0 amide bonds. The molecular weight excluding hydrogens is 222 g/mol. The molecule has 1 N–H and O–H groups in total. The average molecular weight is 240 g/mol. The number of hydrogen-bond donors (Lipinski definition) is 1. The molecule has 2 rings (SSSR count). The molecule has 1 aromatic carbocycles. The third-order valence-electron chi connectivity index (χ3n) is 3.21. The lowest BCUT2D eigenvalue weighted by molar-refractivity contribution is 0.405. The van der Waals surface area contributed by atoms with E-state index in [0.717, 1.165) is 29.4 Å². The van der Waals surface area contributed by atoms with Crippen molar-refractivity contribution in [2.75, 3.05) is 13.7 Å². The van der Waals surface area contributed by atoms with Crippen molar-refractivity contribution in [3.05, 3.63) is 28.8 Å². The molecular formula is C13H18ClNO. The second-order valence-electron chi connectivity index (χ2n) is 4.87. The standard InChI is InChI=1S/C13H18ClNO/c1-13(5-6-13)9-15-8-10-7-11(14)3-4-12(10)16-2/h3-4,7,15H,5-6,8-9H2,1-2H3. The van der Waals surface area contributed by atoms with Crippen LogP contribution in [0.15, 0.2) is 18.2 Å². The van der Waals surface area contributed by atoms with Crippen LogP contribution in [0.5, 0.6) is 5.75 Å². The van der Waals surface area contributed by atoms with Crippen LogP contribution in [-0.2, 0) is 6.54 Å². The van der Waals surface area contributed by atoms with Crippen LogP contribution in [0.3, 0.4) is 0 Å². The van der Waals surface area contributed by atoms with Crippen molar-refractivity contribution in [1.29, 1.82) is 0 Å². The van der Waals surface area contributed by atoms with Gasteiger partial charge in [-0.15, -0.1) is 0 Å². The van der Waals surface area contributed by atoms with Crippen LogP contribution < -0.4 is 10.1 Å². The van der Waals surface area contributed by atoms with Gasteiger partial charge in [0.1, 0.15) is 5.75 Å². The minimum absolute atomic E-state index is 0.534. The first-order valence-electron chi connectivity index (χ1n) is 5.66. The maximum atomic E-state index is 5.97. The highest BCUT2D eigenvalue weighted by molar-refractivity contribution is 6.30. The largest absolute Gasteiger partial charge is 0.496 e. The molecule has 0 aromatic heterocycles. The quantitative estimate of drug-likeness (QED) is 0.852. The molecule has 16 heavy (non-hydrogen) atoms. The minimum Gasteiger partial charge on any atom is -0.496 e. The lowest BCUT2D eigenvalue weighted by Gasteiger charge is -2.12. The number of benzene rings is 1. The van der Waals surface area contributed by atoms with Gasteiger partial charge in [-0.2, -0.15) is 0 Å². The van der Waals surface area contributed by atoms with E-state index in [9.17, 15) is 0 Å². The lowest BCUT2D eigenvalue weighted by Crippen LogP contribution is -2.21. The van der Waals surface area contributed by atoms with Crippen molar-refractivity contribution in [2.24, 2.45) is 5.41 Å². The molecule has 88 valence electrons. The van der Waals surface area contributed by atoms with E-state index in [1.54, 1.807) is 7.11 Å². The first-order chi connectivity index (χ1) is 7.63. The van der Waals surface area contributed by atoms with Crippen LogP contribution in [-0.4, -0.2) is 13.7 Å². The fraction of sp³-hybridized carbons (Fsp3) is 0.538. The Labute approximate surface area is 102 Å². The Balaban J connectivity index is 1.94. The Kier molecular flexibility index (Phi) is 3.41. The summed E-state index contributed by atoms with van der Waals surface area (Å²) in [6.45, 7) is 4.21.